The van der Waals surface area contributed by atoms with Gasteiger partial charge >= 0.3 is 5.97 Å². The zero-order valence-electron chi connectivity index (χ0n) is 10.1. The molecule has 1 aliphatic rings. The molecule has 0 spiro atoms. The first-order valence-electron chi connectivity index (χ1n) is 6.08. The standard InChI is InChI=1S/C12H21NO3/c1-3-4-5-9(2)12(16)13(8-11(14)15)10-6-7-10/h9-10H,3-8H2,1-2H3,(H,14,15). The Morgan fingerprint density at radius 1 is 1.44 bits per heavy atom. The van der Waals surface area contributed by atoms with Gasteiger partial charge in [0.2, 0.25) is 5.91 Å². The van der Waals surface area contributed by atoms with Crippen LogP contribution < -0.4 is 0 Å². The topological polar surface area (TPSA) is 57.6 Å². The molecule has 0 aromatic rings. The summed E-state index contributed by atoms with van der Waals surface area (Å²) in [4.78, 5) is 24.3. The smallest absolute Gasteiger partial charge is 0.323 e. The van der Waals surface area contributed by atoms with Crippen molar-refractivity contribution in [2.24, 2.45) is 5.92 Å². The van der Waals surface area contributed by atoms with E-state index in [-0.39, 0.29) is 24.4 Å². The van der Waals surface area contributed by atoms with Crippen LogP contribution in [-0.2, 0) is 9.59 Å². The zero-order chi connectivity index (χ0) is 12.1. The highest BCUT2D eigenvalue weighted by atomic mass is 16.4. The van der Waals surface area contributed by atoms with Gasteiger partial charge in [0.1, 0.15) is 6.54 Å². The molecule has 1 saturated carbocycles. The number of carboxylic acid groups (broad SMARTS) is 1. The van der Waals surface area contributed by atoms with Crippen LogP contribution in [0.25, 0.3) is 0 Å². The lowest BCUT2D eigenvalue weighted by atomic mass is 10.0. The van der Waals surface area contributed by atoms with Crippen molar-refractivity contribution in [3.8, 4) is 0 Å². The van der Waals surface area contributed by atoms with Gasteiger partial charge in [0.25, 0.3) is 0 Å². The monoisotopic (exact) mass is 227 g/mol. The molecule has 0 saturated heterocycles. The van der Waals surface area contributed by atoms with Crippen molar-refractivity contribution in [1.29, 1.82) is 0 Å². The molecule has 92 valence electrons. The average Bonchev–Trinajstić information content (AvgIpc) is 3.05. The summed E-state index contributed by atoms with van der Waals surface area (Å²) in [5.41, 5.74) is 0. The first-order valence-corrected chi connectivity index (χ1v) is 6.08. The van der Waals surface area contributed by atoms with E-state index in [4.69, 9.17) is 5.11 Å². The molecule has 1 unspecified atom stereocenters. The van der Waals surface area contributed by atoms with Gasteiger partial charge in [0, 0.05) is 12.0 Å². The van der Waals surface area contributed by atoms with Crippen LogP contribution in [0.1, 0.15) is 46.0 Å². The van der Waals surface area contributed by atoms with Gasteiger partial charge < -0.3 is 10.0 Å². The van der Waals surface area contributed by atoms with Gasteiger partial charge in [-0.05, 0) is 19.3 Å². The summed E-state index contributed by atoms with van der Waals surface area (Å²) in [7, 11) is 0. The third-order valence-electron chi connectivity index (χ3n) is 2.99. The van der Waals surface area contributed by atoms with Gasteiger partial charge in [0.15, 0.2) is 0 Å². The Morgan fingerprint density at radius 3 is 2.50 bits per heavy atom. The van der Waals surface area contributed by atoms with Gasteiger partial charge in [-0.3, -0.25) is 9.59 Å². The van der Waals surface area contributed by atoms with E-state index in [0.717, 1.165) is 32.1 Å². The van der Waals surface area contributed by atoms with Crippen molar-refractivity contribution in [1.82, 2.24) is 4.90 Å². The Hall–Kier alpha value is -1.06. The maximum Gasteiger partial charge on any atom is 0.323 e. The van der Waals surface area contributed by atoms with Crippen molar-refractivity contribution in [3.05, 3.63) is 0 Å². The van der Waals surface area contributed by atoms with Gasteiger partial charge in [-0.25, -0.2) is 0 Å². The molecule has 1 aliphatic carbocycles. The van der Waals surface area contributed by atoms with Crippen molar-refractivity contribution >= 4 is 11.9 Å². The van der Waals surface area contributed by atoms with Crippen LogP contribution in [0.3, 0.4) is 0 Å². The fraction of sp³-hybridized carbons (Fsp3) is 0.833. The molecule has 16 heavy (non-hydrogen) atoms. The molecule has 4 nitrogen and oxygen atoms in total. The predicted molar refractivity (Wildman–Crippen MR) is 61.1 cm³/mol. The van der Waals surface area contributed by atoms with E-state index < -0.39 is 5.97 Å². The first kappa shape index (κ1) is 13.0. The van der Waals surface area contributed by atoms with Crippen LogP contribution in [-0.4, -0.2) is 34.5 Å². The Morgan fingerprint density at radius 2 is 2.06 bits per heavy atom. The molecular formula is C12H21NO3. The van der Waals surface area contributed by atoms with Crippen LogP contribution in [0.5, 0.6) is 0 Å². The summed E-state index contributed by atoms with van der Waals surface area (Å²) in [6, 6.07) is 0.188. The summed E-state index contributed by atoms with van der Waals surface area (Å²) in [6.07, 6.45) is 4.87. The number of carbonyl (C=O) groups excluding carboxylic acids is 1. The van der Waals surface area contributed by atoms with E-state index >= 15 is 0 Å². The van der Waals surface area contributed by atoms with Crippen molar-refractivity contribution < 1.29 is 14.7 Å². The van der Waals surface area contributed by atoms with Gasteiger partial charge in [-0.1, -0.05) is 26.7 Å². The van der Waals surface area contributed by atoms with Crippen LogP contribution in [0.4, 0.5) is 0 Å². The molecule has 4 heteroatoms. The highest BCUT2D eigenvalue weighted by Crippen LogP contribution is 2.28. The quantitative estimate of drug-likeness (QED) is 0.722. The maximum atomic E-state index is 12.0. The van der Waals surface area contributed by atoms with Crippen LogP contribution in [0.15, 0.2) is 0 Å². The SMILES string of the molecule is CCCCC(C)C(=O)N(CC(=O)O)C1CC1. The third kappa shape index (κ3) is 3.83. The molecule has 0 aliphatic heterocycles. The lowest BCUT2D eigenvalue weighted by Crippen LogP contribution is -2.40. The number of carbonyl (C=O) groups is 2. The second-order valence-corrected chi connectivity index (χ2v) is 4.63. The Labute approximate surface area is 96.6 Å². The van der Waals surface area contributed by atoms with Crippen LogP contribution >= 0.6 is 0 Å². The third-order valence-corrected chi connectivity index (χ3v) is 2.99. The Kier molecular flexibility index (Phi) is 4.77. The molecule has 0 bridgehead atoms. The maximum absolute atomic E-state index is 12.0. The number of hydrogen-bond donors (Lipinski definition) is 1. The lowest BCUT2D eigenvalue weighted by molar-refractivity contribution is -0.146. The van der Waals surface area contributed by atoms with Crippen molar-refractivity contribution in [2.45, 2.75) is 52.0 Å². The normalized spacial score (nSPS) is 16.9. The molecule has 1 N–H and O–H groups in total. The fourth-order valence-electron chi connectivity index (χ4n) is 1.84. The van der Waals surface area contributed by atoms with E-state index in [1.807, 2.05) is 6.92 Å². The number of unbranched alkanes of at least 4 members (excludes halogenated alkanes) is 1. The van der Waals surface area contributed by atoms with Crippen LogP contribution in [0, 0.1) is 5.92 Å². The summed E-state index contributed by atoms with van der Waals surface area (Å²) < 4.78 is 0. The minimum atomic E-state index is -0.914. The number of hydrogen-bond acceptors (Lipinski definition) is 2. The van der Waals surface area contributed by atoms with E-state index in [0.29, 0.717) is 0 Å². The minimum Gasteiger partial charge on any atom is -0.480 e. The average molecular weight is 227 g/mol. The Bertz CT molecular complexity index is 261. The highest BCUT2D eigenvalue weighted by molar-refractivity contribution is 5.83. The van der Waals surface area contributed by atoms with Crippen LogP contribution in [0.2, 0.25) is 0 Å². The summed E-state index contributed by atoms with van der Waals surface area (Å²) in [5, 5.41) is 8.77. The molecule has 0 aromatic heterocycles. The van der Waals surface area contributed by atoms with Crippen molar-refractivity contribution in [2.75, 3.05) is 6.54 Å². The minimum absolute atomic E-state index is 0.0124. The molecule has 1 amide bonds. The highest BCUT2D eigenvalue weighted by Gasteiger charge is 2.35. The van der Waals surface area contributed by atoms with Crippen molar-refractivity contribution in [3.63, 3.8) is 0 Å². The molecule has 0 radical (unpaired) electrons. The molecule has 1 atom stereocenters. The second-order valence-electron chi connectivity index (χ2n) is 4.63. The zero-order valence-corrected chi connectivity index (χ0v) is 10.1. The first-order chi connectivity index (χ1) is 7.56. The van der Waals surface area contributed by atoms with E-state index in [2.05, 4.69) is 6.92 Å². The lowest BCUT2D eigenvalue weighted by Gasteiger charge is -2.23. The fourth-order valence-corrected chi connectivity index (χ4v) is 1.84. The number of carboxylic acids is 1. The van der Waals surface area contributed by atoms with Gasteiger partial charge in [-0.15, -0.1) is 0 Å². The summed E-state index contributed by atoms with van der Waals surface area (Å²) >= 11 is 0. The molecule has 0 aromatic carbocycles. The largest absolute Gasteiger partial charge is 0.480 e. The number of aliphatic carboxylic acids is 1. The van der Waals surface area contributed by atoms with E-state index in [1.165, 1.54) is 0 Å². The second kappa shape index (κ2) is 5.87. The molecule has 0 heterocycles. The van der Waals surface area contributed by atoms with Gasteiger partial charge in [-0.2, -0.15) is 0 Å². The number of nitrogens with zero attached hydrogens (tertiary/aromatic N) is 1. The molecular weight excluding hydrogens is 206 g/mol. The predicted octanol–water partition coefficient (Wildman–Crippen LogP) is 1.89. The Balaban J connectivity index is 2.49. The van der Waals surface area contributed by atoms with E-state index in [9.17, 15) is 9.59 Å². The molecule has 1 fully saturated rings. The van der Waals surface area contributed by atoms with Gasteiger partial charge in [0.05, 0.1) is 0 Å². The number of amides is 1. The van der Waals surface area contributed by atoms with E-state index in [1.54, 1.807) is 4.90 Å². The summed E-state index contributed by atoms with van der Waals surface area (Å²) in [6.45, 7) is 3.85. The number of rotatable bonds is 7. The summed E-state index contributed by atoms with van der Waals surface area (Å²) in [5.74, 6) is -0.943. The molecule has 1 rings (SSSR count).